The average Bonchev–Trinajstić information content (AvgIpc) is 2.61. The van der Waals surface area contributed by atoms with Gasteiger partial charge in [-0.3, -0.25) is 10.1 Å². The van der Waals surface area contributed by atoms with Gasteiger partial charge in [-0.15, -0.1) is 0 Å². The van der Waals surface area contributed by atoms with Crippen LogP contribution in [0, 0.1) is 10.1 Å². The van der Waals surface area contributed by atoms with Gasteiger partial charge < -0.3 is 15.0 Å². The summed E-state index contributed by atoms with van der Waals surface area (Å²) in [7, 11) is 1.52. The summed E-state index contributed by atoms with van der Waals surface area (Å²) >= 11 is 5.49. The molecule has 7 heteroatoms. The first-order chi connectivity index (χ1) is 11.6. The molecule has 0 amide bonds. The summed E-state index contributed by atoms with van der Waals surface area (Å²) in [5, 5.41) is 14.6. The molecule has 1 heterocycles. The summed E-state index contributed by atoms with van der Waals surface area (Å²) < 4.78 is 5.26. The molecular weight excluding hydrogens is 326 g/mol. The zero-order valence-electron chi connectivity index (χ0n) is 13.2. The molecule has 0 aliphatic carbocycles. The smallest absolute Gasteiger partial charge is 0.271 e. The lowest BCUT2D eigenvalue weighted by molar-refractivity contribution is -0.384. The summed E-state index contributed by atoms with van der Waals surface area (Å²) in [6.45, 7) is 1.53. The molecule has 24 heavy (non-hydrogen) atoms. The van der Waals surface area contributed by atoms with Crippen LogP contribution in [0.3, 0.4) is 0 Å². The fraction of sp³-hybridized carbons (Fsp3) is 0.235. The number of non-ortho nitro benzene ring substituents is 1. The van der Waals surface area contributed by atoms with Crippen molar-refractivity contribution in [2.24, 2.45) is 0 Å². The van der Waals surface area contributed by atoms with Crippen LogP contribution in [0.25, 0.3) is 0 Å². The van der Waals surface area contributed by atoms with Crippen LogP contribution in [0.4, 0.5) is 11.4 Å². The number of nitrogens with zero attached hydrogens (tertiary/aromatic N) is 2. The Hall–Kier alpha value is -2.67. The van der Waals surface area contributed by atoms with Gasteiger partial charge in [-0.2, -0.15) is 0 Å². The van der Waals surface area contributed by atoms with Crippen molar-refractivity contribution in [3.63, 3.8) is 0 Å². The third kappa shape index (κ3) is 3.30. The number of nitro groups is 1. The van der Waals surface area contributed by atoms with E-state index in [1.807, 2.05) is 12.1 Å². The maximum Gasteiger partial charge on any atom is 0.271 e. The number of thiocarbonyl (C=S) groups is 1. The highest BCUT2D eigenvalue weighted by atomic mass is 32.1. The van der Waals surface area contributed by atoms with E-state index in [0.717, 1.165) is 19.5 Å². The fourth-order valence-electron chi connectivity index (χ4n) is 2.77. The van der Waals surface area contributed by atoms with Gasteiger partial charge in [0.25, 0.3) is 5.69 Å². The zero-order valence-corrected chi connectivity index (χ0v) is 14.0. The van der Waals surface area contributed by atoms with Gasteiger partial charge in [-0.05, 0) is 35.8 Å². The van der Waals surface area contributed by atoms with Crippen molar-refractivity contribution in [1.82, 2.24) is 4.90 Å². The number of rotatable bonds is 3. The van der Waals surface area contributed by atoms with Crippen molar-refractivity contribution < 1.29 is 9.66 Å². The zero-order chi connectivity index (χ0) is 17.1. The van der Waals surface area contributed by atoms with Gasteiger partial charge in [-0.25, -0.2) is 0 Å². The number of nitrogens with one attached hydrogen (secondary N) is 1. The number of fused-ring (bicyclic) bond motifs is 1. The lowest BCUT2D eigenvalue weighted by Crippen LogP contribution is -2.38. The molecule has 6 nitrogen and oxygen atoms in total. The Bertz CT molecular complexity index is 794. The van der Waals surface area contributed by atoms with Gasteiger partial charge in [0.1, 0.15) is 5.75 Å². The van der Waals surface area contributed by atoms with Crippen molar-refractivity contribution in [3.05, 3.63) is 63.7 Å². The van der Waals surface area contributed by atoms with Gasteiger partial charge in [0.15, 0.2) is 5.11 Å². The van der Waals surface area contributed by atoms with Crippen LogP contribution in [0.15, 0.2) is 42.5 Å². The summed E-state index contributed by atoms with van der Waals surface area (Å²) in [5.41, 5.74) is 3.07. The van der Waals surface area contributed by atoms with Gasteiger partial charge in [0.05, 0.1) is 17.7 Å². The van der Waals surface area contributed by atoms with Crippen LogP contribution in [0.1, 0.15) is 11.1 Å². The van der Waals surface area contributed by atoms with E-state index in [4.69, 9.17) is 17.0 Å². The van der Waals surface area contributed by atoms with E-state index in [0.29, 0.717) is 16.5 Å². The number of ether oxygens (including phenoxy) is 1. The molecule has 2 aromatic rings. The van der Waals surface area contributed by atoms with Crippen molar-refractivity contribution in [2.75, 3.05) is 19.0 Å². The minimum Gasteiger partial charge on any atom is -0.495 e. The van der Waals surface area contributed by atoms with Crippen LogP contribution < -0.4 is 10.1 Å². The van der Waals surface area contributed by atoms with Gasteiger partial charge in [0, 0.05) is 25.2 Å². The Kier molecular flexibility index (Phi) is 4.61. The van der Waals surface area contributed by atoms with Crippen molar-refractivity contribution in [2.45, 2.75) is 13.0 Å². The molecule has 0 saturated carbocycles. The predicted octanol–water partition coefficient (Wildman–Crippen LogP) is 3.36. The average molecular weight is 343 g/mol. The molecule has 1 aliphatic rings. The normalized spacial score (nSPS) is 13.1. The molecule has 0 bridgehead atoms. The topological polar surface area (TPSA) is 67.6 Å². The first-order valence-electron chi connectivity index (χ1n) is 7.53. The molecule has 0 saturated heterocycles. The molecule has 0 radical (unpaired) electrons. The highest BCUT2D eigenvalue weighted by Crippen LogP contribution is 2.29. The second kappa shape index (κ2) is 6.84. The third-order valence-electron chi connectivity index (χ3n) is 4.05. The summed E-state index contributed by atoms with van der Waals surface area (Å²) in [6, 6.07) is 12.7. The van der Waals surface area contributed by atoms with Gasteiger partial charge in [0.2, 0.25) is 0 Å². The Labute approximate surface area is 145 Å². The number of nitro benzene ring substituents is 1. The molecule has 0 spiro atoms. The SMILES string of the molecule is COc1ccc([N+](=O)[O-])cc1NC(=S)N1CCc2ccccc2C1. The van der Waals surface area contributed by atoms with E-state index < -0.39 is 4.92 Å². The summed E-state index contributed by atoms with van der Waals surface area (Å²) in [6.07, 6.45) is 0.921. The van der Waals surface area contributed by atoms with E-state index in [9.17, 15) is 10.1 Å². The van der Waals surface area contributed by atoms with Crippen molar-refractivity contribution in [3.8, 4) is 5.75 Å². The van der Waals surface area contributed by atoms with E-state index in [-0.39, 0.29) is 5.69 Å². The first-order valence-corrected chi connectivity index (χ1v) is 7.94. The lowest BCUT2D eigenvalue weighted by Gasteiger charge is -2.31. The minimum atomic E-state index is -0.440. The molecule has 3 rings (SSSR count). The highest BCUT2D eigenvalue weighted by molar-refractivity contribution is 7.80. The quantitative estimate of drug-likeness (QED) is 0.524. The van der Waals surface area contributed by atoms with Crippen LogP contribution in [0.2, 0.25) is 0 Å². The van der Waals surface area contributed by atoms with Crippen LogP contribution in [0.5, 0.6) is 5.75 Å². The first kappa shape index (κ1) is 16.2. The molecule has 0 unspecified atom stereocenters. The Morgan fingerprint density at radius 1 is 1.29 bits per heavy atom. The molecule has 1 aliphatic heterocycles. The Morgan fingerprint density at radius 3 is 2.75 bits per heavy atom. The number of hydrogen-bond donors (Lipinski definition) is 1. The largest absolute Gasteiger partial charge is 0.495 e. The number of methoxy groups -OCH3 is 1. The van der Waals surface area contributed by atoms with E-state index in [2.05, 4.69) is 22.3 Å². The maximum atomic E-state index is 11.0. The summed E-state index contributed by atoms with van der Waals surface area (Å²) in [4.78, 5) is 12.6. The molecule has 124 valence electrons. The van der Waals surface area contributed by atoms with E-state index >= 15 is 0 Å². The second-order valence-electron chi connectivity index (χ2n) is 5.51. The minimum absolute atomic E-state index is 0.00918. The standard InChI is InChI=1S/C17H17N3O3S/c1-23-16-7-6-14(20(21)22)10-15(16)18-17(24)19-9-8-12-4-2-3-5-13(12)11-19/h2-7,10H,8-9,11H2,1H3,(H,18,24). The molecule has 0 atom stereocenters. The van der Waals surface area contributed by atoms with Gasteiger partial charge in [-0.1, -0.05) is 24.3 Å². The molecule has 0 aromatic heterocycles. The molecular formula is C17H17N3O3S. The van der Waals surface area contributed by atoms with E-state index in [1.54, 1.807) is 6.07 Å². The summed E-state index contributed by atoms with van der Waals surface area (Å²) in [5.74, 6) is 0.514. The highest BCUT2D eigenvalue weighted by Gasteiger charge is 2.19. The van der Waals surface area contributed by atoms with Crippen LogP contribution in [-0.2, 0) is 13.0 Å². The molecule has 2 aromatic carbocycles. The van der Waals surface area contributed by atoms with Crippen LogP contribution >= 0.6 is 12.2 Å². The third-order valence-corrected chi connectivity index (χ3v) is 4.41. The molecule has 0 fully saturated rings. The predicted molar refractivity (Wildman–Crippen MR) is 96.4 cm³/mol. The number of anilines is 1. The van der Waals surface area contributed by atoms with Crippen molar-refractivity contribution >= 4 is 28.7 Å². The lowest BCUT2D eigenvalue weighted by atomic mass is 10.0. The number of benzene rings is 2. The second-order valence-corrected chi connectivity index (χ2v) is 5.90. The van der Waals surface area contributed by atoms with Crippen LogP contribution in [-0.4, -0.2) is 28.6 Å². The Balaban J connectivity index is 1.78. The monoisotopic (exact) mass is 343 g/mol. The Morgan fingerprint density at radius 2 is 2.04 bits per heavy atom. The maximum absolute atomic E-state index is 11.0. The fourth-order valence-corrected chi connectivity index (χ4v) is 3.04. The molecule has 1 N–H and O–H groups in total. The van der Waals surface area contributed by atoms with Crippen molar-refractivity contribution in [1.29, 1.82) is 0 Å². The van der Waals surface area contributed by atoms with E-state index in [1.165, 1.54) is 30.4 Å². The van der Waals surface area contributed by atoms with Gasteiger partial charge >= 0.3 is 0 Å². The number of hydrogen-bond acceptors (Lipinski definition) is 4.